The van der Waals surface area contributed by atoms with Crippen LogP contribution in [-0.4, -0.2) is 17.5 Å². The smallest absolute Gasteiger partial charge is 0.273 e. The molecule has 2 aromatic carbocycles. The fourth-order valence-electron chi connectivity index (χ4n) is 3.22. The number of hydrogen-bond acceptors (Lipinski definition) is 4. The number of carbonyl (C=O) groups excluding carboxylic acids is 1. The second kappa shape index (κ2) is 8.69. The molecule has 3 aromatic rings. The molecule has 3 rings (SSSR count). The van der Waals surface area contributed by atoms with E-state index in [0.29, 0.717) is 17.1 Å². The van der Waals surface area contributed by atoms with Crippen LogP contribution in [0.5, 0.6) is 11.5 Å². The largest absolute Gasteiger partial charge is 0.456 e. The number of rotatable bonds is 6. The first kappa shape index (κ1) is 20.9. The van der Waals surface area contributed by atoms with E-state index in [0.717, 1.165) is 28.0 Å². The molecule has 6 nitrogen and oxygen atoms in total. The van der Waals surface area contributed by atoms with E-state index in [9.17, 15) is 9.59 Å². The Morgan fingerprint density at radius 1 is 1.13 bits per heavy atom. The molecule has 0 unspecified atom stereocenters. The molecular weight excluding hydrogens is 378 g/mol. The van der Waals surface area contributed by atoms with Gasteiger partial charge in [-0.1, -0.05) is 24.8 Å². The van der Waals surface area contributed by atoms with Gasteiger partial charge in [-0.25, -0.2) is 0 Å². The molecule has 30 heavy (non-hydrogen) atoms. The van der Waals surface area contributed by atoms with Crippen molar-refractivity contribution in [3.8, 4) is 22.6 Å². The Balaban J connectivity index is 2.18. The summed E-state index contributed by atoms with van der Waals surface area (Å²) >= 11 is 0. The highest BCUT2D eigenvalue weighted by Crippen LogP contribution is 2.38. The van der Waals surface area contributed by atoms with Gasteiger partial charge >= 0.3 is 0 Å². The van der Waals surface area contributed by atoms with Crippen molar-refractivity contribution >= 4 is 17.3 Å². The zero-order valence-electron chi connectivity index (χ0n) is 17.6. The fraction of sp³-hybridized carbons (Fsp3) is 0.167. The van der Waals surface area contributed by atoms with Crippen molar-refractivity contribution in [1.82, 2.24) is 4.57 Å². The number of aromatic nitrogens is 1. The molecule has 0 aliphatic carbocycles. The lowest BCUT2D eigenvalue weighted by Crippen LogP contribution is -2.19. The lowest BCUT2D eigenvalue weighted by molar-refractivity contribution is -0.111. The van der Waals surface area contributed by atoms with Crippen molar-refractivity contribution in [3.05, 3.63) is 82.8 Å². The van der Waals surface area contributed by atoms with Crippen LogP contribution in [0.3, 0.4) is 0 Å². The number of nitrogens with zero attached hydrogens (tertiary/aromatic N) is 1. The van der Waals surface area contributed by atoms with Crippen molar-refractivity contribution in [1.29, 1.82) is 0 Å². The maximum absolute atomic E-state index is 12.3. The first-order valence-corrected chi connectivity index (χ1v) is 9.54. The van der Waals surface area contributed by atoms with E-state index in [1.54, 1.807) is 32.4 Å². The van der Waals surface area contributed by atoms with Gasteiger partial charge < -0.3 is 19.9 Å². The van der Waals surface area contributed by atoms with Crippen molar-refractivity contribution in [2.45, 2.75) is 13.8 Å². The highest BCUT2D eigenvalue weighted by Gasteiger charge is 2.14. The normalized spacial score (nSPS) is 10.4. The molecule has 0 radical (unpaired) electrons. The third kappa shape index (κ3) is 4.27. The number of aryl methyl sites for hydroxylation is 3. The van der Waals surface area contributed by atoms with E-state index in [1.807, 2.05) is 44.2 Å². The molecule has 0 bridgehead atoms. The summed E-state index contributed by atoms with van der Waals surface area (Å²) in [6.07, 6.45) is 2.96. The standard InChI is InChI=1S/C24H25N3O3/c1-6-22(28)26-18-10-11-21(30-23-15(2)8-7-9-16(23)3)19(13-18)17-12-20(25-4)24(29)27(5)14-17/h6-14,25H,1H2,2-5H3,(H,26,28). The van der Waals surface area contributed by atoms with Gasteiger partial charge in [0.25, 0.3) is 5.56 Å². The minimum absolute atomic E-state index is 0.130. The summed E-state index contributed by atoms with van der Waals surface area (Å²) in [6.45, 7) is 7.48. The number of para-hydroxylation sites is 1. The molecule has 6 heteroatoms. The van der Waals surface area contributed by atoms with E-state index < -0.39 is 0 Å². The summed E-state index contributed by atoms with van der Waals surface area (Å²) in [5.41, 5.74) is 4.48. The molecule has 0 spiro atoms. The Morgan fingerprint density at radius 2 is 1.83 bits per heavy atom. The van der Waals surface area contributed by atoms with Crippen molar-refractivity contribution in [3.63, 3.8) is 0 Å². The van der Waals surface area contributed by atoms with Crippen molar-refractivity contribution < 1.29 is 9.53 Å². The molecule has 1 heterocycles. The third-order valence-corrected chi connectivity index (χ3v) is 4.82. The molecule has 1 aromatic heterocycles. The van der Waals surface area contributed by atoms with Gasteiger partial charge in [0.2, 0.25) is 5.91 Å². The zero-order chi connectivity index (χ0) is 21.8. The van der Waals surface area contributed by atoms with Crippen LogP contribution >= 0.6 is 0 Å². The maximum Gasteiger partial charge on any atom is 0.273 e. The predicted octanol–water partition coefficient (Wildman–Crippen LogP) is 4.63. The number of carbonyl (C=O) groups is 1. The first-order chi connectivity index (χ1) is 14.3. The molecular formula is C24H25N3O3. The summed E-state index contributed by atoms with van der Waals surface area (Å²) in [4.78, 5) is 24.1. The summed E-state index contributed by atoms with van der Waals surface area (Å²) in [5.74, 6) is 1.09. The van der Waals surface area contributed by atoms with Crippen LogP contribution < -0.4 is 20.9 Å². The lowest BCUT2D eigenvalue weighted by atomic mass is 10.0. The van der Waals surface area contributed by atoms with Crippen LogP contribution in [0, 0.1) is 13.8 Å². The summed E-state index contributed by atoms with van der Waals surface area (Å²) in [6, 6.07) is 13.1. The Labute approximate surface area is 175 Å². The molecule has 154 valence electrons. The monoisotopic (exact) mass is 403 g/mol. The molecule has 0 fully saturated rings. The fourth-order valence-corrected chi connectivity index (χ4v) is 3.22. The number of benzene rings is 2. The van der Waals surface area contributed by atoms with Gasteiger partial charge in [0.1, 0.15) is 17.2 Å². The number of nitrogens with one attached hydrogen (secondary N) is 2. The van der Waals surface area contributed by atoms with Gasteiger partial charge in [-0.2, -0.15) is 0 Å². The van der Waals surface area contributed by atoms with E-state index in [2.05, 4.69) is 17.2 Å². The number of amides is 1. The first-order valence-electron chi connectivity index (χ1n) is 9.54. The number of anilines is 2. The Morgan fingerprint density at radius 3 is 2.47 bits per heavy atom. The topological polar surface area (TPSA) is 72.4 Å². The molecule has 1 amide bonds. The highest BCUT2D eigenvalue weighted by atomic mass is 16.5. The molecule has 0 atom stereocenters. The molecule has 2 N–H and O–H groups in total. The summed E-state index contributed by atoms with van der Waals surface area (Å²) in [5, 5.41) is 5.71. The van der Waals surface area contributed by atoms with Crippen LogP contribution in [0.1, 0.15) is 11.1 Å². The van der Waals surface area contributed by atoms with E-state index >= 15 is 0 Å². The second-order valence-corrected chi connectivity index (χ2v) is 7.04. The number of ether oxygens (including phenoxy) is 1. The van der Waals surface area contributed by atoms with Gasteiger partial charge in [-0.3, -0.25) is 9.59 Å². The Kier molecular flexibility index (Phi) is 6.06. The second-order valence-electron chi connectivity index (χ2n) is 7.04. The molecule has 0 saturated heterocycles. The van der Waals surface area contributed by atoms with Gasteiger partial charge in [0.15, 0.2) is 0 Å². The van der Waals surface area contributed by atoms with Crippen molar-refractivity contribution in [2.24, 2.45) is 7.05 Å². The third-order valence-electron chi connectivity index (χ3n) is 4.82. The van der Waals surface area contributed by atoms with Crippen LogP contribution in [0.2, 0.25) is 0 Å². The average molecular weight is 403 g/mol. The van der Waals surface area contributed by atoms with E-state index in [1.165, 1.54) is 10.6 Å². The molecule has 0 saturated carbocycles. The number of hydrogen-bond donors (Lipinski definition) is 2. The van der Waals surface area contributed by atoms with Crippen LogP contribution in [0.25, 0.3) is 11.1 Å². The minimum Gasteiger partial charge on any atom is -0.456 e. The van der Waals surface area contributed by atoms with Crippen molar-refractivity contribution in [2.75, 3.05) is 17.7 Å². The van der Waals surface area contributed by atoms with Gasteiger partial charge in [-0.05, 0) is 55.3 Å². The summed E-state index contributed by atoms with van der Waals surface area (Å²) < 4.78 is 7.83. The van der Waals surface area contributed by atoms with Gasteiger partial charge in [-0.15, -0.1) is 0 Å². The zero-order valence-corrected chi connectivity index (χ0v) is 17.6. The highest BCUT2D eigenvalue weighted by molar-refractivity contribution is 5.99. The molecule has 0 aliphatic rings. The minimum atomic E-state index is -0.305. The van der Waals surface area contributed by atoms with Gasteiger partial charge in [0.05, 0.1) is 0 Å². The average Bonchev–Trinajstić information content (AvgIpc) is 2.73. The summed E-state index contributed by atoms with van der Waals surface area (Å²) in [7, 11) is 3.40. The predicted molar refractivity (Wildman–Crippen MR) is 121 cm³/mol. The van der Waals surface area contributed by atoms with E-state index in [-0.39, 0.29) is 11.5 Å². The van der Waals surface area contributed by atoms with Crippen LogP contribution in [-0.2, 0) is 11.8 Å². The Bertz CT molecular complexity index is 1160. The van der Waals surface area contributed by atoms with Crippen LogP contribution in [0.15, 0.2) is 66.1 Å². The van der Waals surface area contributed by atoms with Crippen LogP contribution in [0.4, 0.5) is 11.4 Å². The maximum atomic E-state index is 12.3. The SMILES string of the molecule is C=CC(=O)Nc1ccc(Oc2c(C)cccc2C)c(-c2cc(NC)c(=O)n(C)c2)c1. The Hall–Kier alpha value is -3.80. The van der Waals surface area contributed by atoms with E-state index in [4.69, 9.17) is 4.74 Å². The molecule has 0 aliphatic heterocycles. The lowest BCUT2D eigenvalue weighted by Gasteiger charge is -2.17. The quantitative estimate of drug-likeness (QED) is 0.589. The van der Waals surface area contributed by atoms with Gasteiger partial charge in [0, 0.05) is 37.1 Å². The number of pyridine rings is 1.